The number of amides is 2. The summed E-state index contributed by atoms with van der Waals surface area (Å²) >= 11 is 0. The number of carbonyl (C=O) groups is 2. The lowest BCUT2D eigenvalue weighted by molar-refractivity contribution is -0.134. The summed E-state index contributed by atoms with van der Waals surface area (Å²) in [6.07, 6.45) is 4.47. The third-order valence-corrected chi connectivity index (χ3v) is 6.33. The van der Waals surface area contributed by atoms with E-state index in [-0.39, 0.29) is 24.3 Å². The molecule has 2 amide bonds. The molecule has 0 atom stereocenters. The van der Waals surface area contributed by atoms with Crippen molar-refractivity contribution in [3.05, 3.63) is 29.8 Å². The Morgan fingerprint density at radius 3 is 2.33 bits per heavy atom. The normalized spacial score (nSPS) is 18.2. The van der Waals surface area contributed by atoms with Crippen molar-refractivity contribution in [2.75, 3.05) is 30.2 Å². The van der Waals surface area contributed by atoms with Gasteiger partial charge < -0.3 is 10.2 Å². The van der Waals surface area contributed by atoms with E-state index in [2.05, 4.69) is 5.32 Å². The predicted molar refractivity (Wildman–Crippen MR) is 104 cm³/mol. The topological polar surface area (TPSA) is 86.8 Å². The quantitative estimate of drug-likeness (QED) is 0.789. The molecule has 1 aliphatic carbocycles. The summed E-state index contributed by atoms with van der Waals surface area (Å²) in [6.45, 7) is 2.56. The van der Waals surface area contributed by atoms with Crippen molar-refractivity contribution in [2.45, 2.75) is 38.6 Å². The van der Waals surface area contributed by atoms with Crippen molar-refractivity contribution < 1.29 is 18.0 Å². The van der Waals surface area contributed by atoms with Gasteiger partial charge in [-0.2, -0.15) is 0 Å². The molecule has 0 bridgehead atoms. The molecule has 1 aromatic carbocycles. The predicted octanol–water partition coefficient (Wildman–Crippen LogP) is 1.28. The molecule has 7 nitrogen and oxygen atoms in total. The molecule has 2 fully saturated rings. The van der Waals surface area contributed by atoms with Gasteiger partial charge in [0.05, 0.1) is 11.9 Å². The van der Waals surface area contributed by atoms with Crippen LogP contribution in [0.3, 0.4) is 0 Å². The molecule has 1 saturated heterocycles. The third kappa shape index (κ3) is 5.00. The lowest BCUT2D eigenvalue weighted by atomic mass is 9.96. The molecule has 27 heavy (non-hydrogen) atoms. The molecular weight excluding hydrogens is 366 g/mol. The van der Waals surface area contributed by atoms with Gasteiger partial charge in [0, 0.05) is 25.0 Å². The number of sulfonamides is 1. The minimum absolute atomic E-state index is 0.0583. The Kier molecular flexibility index (Phi) is 5.74. The Bertz CT molecular complexity index is 812. The maximum atomic E-state index is 12.7. The number of benzene rings is 1. The number of piperidine rings is 1. The van der Waals surface area contributed by atoms with Crippen molar-refractivity contribution in [1.82, 2.24) is 10.2 Å². The smallest absolute Gasteiger partial charge is 0.243 e. The van der Waals surface area contributed by atoms with E-state index < -0.39 is 10.0 Å². The number of nitrogens with one attached hydrogen (secondary N) is 1. The van der Waals surface area contributed by atoms with Crippen LogP contribution in [0.1, 0.15) is 31.2 Å². The van der Waals surface area contributed by atoms with Crippen molar-refractivity contribution in [3.63, 3.8) is 0 Å². The van der Waals surface area contributed by atoms with Gasteiger partial charge in [0.1, 0.15) is 6.54 Å². The van der Waals surface area contributed by atoms with Gasteiger partial charge in [-0.3, -0.25) is 13.9 Å². The minimum Gasteiger partial charge on any atom is -0.353 e. The molecule has 0 unspecified atom stereocenters. The first kappa shape index (κ1) is 19.7. The highest BCUT2D eigenvalue weighted by Crippen LogP contribution is 2.24. The van der Waals surface area contributed by atoms with E-state index in [0.29, 0.717) is 37.7 Å². The molecule has 0 radical (unpaired) electrons. The van der Waals surface area contributed by atoms with E-state index in [9.17, 15) is 18.0 Å². The lowest BCUT2D eigenvalue weighted by Crippen LogP contribution is -2.47. The summed E-state index contributed by atoms with van der Waals surface area (Å²) in [6, 6.07) is 7.46. The van der Waals surface area contributed by atoms with Crippen molar-refractivity contribution >= 4 is 27.5 Å². The Morgan fingerprint density at radius 2 is 1.78 bits per heavy atom. The first-order valence-corrected chi connectivity index (χ1v) is 11.2. The molecule has 148 valence electrons. The zero-order chi connectivity index (χ0) is 19.6. The third-order valence-electron chi connectivity index (χ3n) is 5.21. The standard InChI is InChI=1S/C19H27N3O4S/c1-14-5-3-4-6-17(14)22(27(2,25)26)13-18(23)21-11-9-15(10-12-21)19(24)20-16-7-8-16/h3-6,15-16H,7-13H2,1-2H3,(H,20,24). The van der Waals surface area contributed by atoms with E-state index in [1.165, 1.54) is 0 Å². The van der Waals surface area contributed by atoms with Gasteiger partial charge in [-0.05, 0) is 44.2 Å². The van der Waals surface area contributed by atoms with Gasteiger partial charge in [0.25, 0.3) is 0 Å². The van der Waals surface area contributed by atoms with Crippen LogP contribution in [0, 0.1) is 12.8 Å². The van der Waals surface area contributed by atoms with Crippen LogP contribution in [0.2, 0.25) is 0 Å². The molecule has 1 aromatic rings. The molecule has 2 aliphatic rings. The number of likely N-dealkylation sites (tertiary alicyclic amines) is 1. The van der Waals surface area contributed by atoms with Crippen LogP contribution >= 0.6 is 0 Å². The van der Waals surface area contributed by atoms with Crippen molar-refractivity contribution in [2.24, 2.45) is 5.92 Å². The van der Waals surface area contributed by atoms with Crippen LogP contribution in [0.4, 0.5) is 5.69 Å². The SMILES string of the molecule is Cc1ccccc1N(CC(=O)N1CCC(C(=O)NC2CC2)CC1)S(C)(=O)=O. The zero-order valence-corrected chi connectivity index (χ0v) is 16.7. The highest BCUT2D eigenvalue weighted by molar-refractivity contribution is 7.92. The summed E-state index contributed by atoms with van der Waals surface area (Å²) in [5.41, 5.74) is 1.32. The van der Waals surface area contributed by atoms with Crippen molar-refractivity contribution in [1.29, 1.82) is 0 Å². The van der Waals surface area contributed by atoms with Crippen LogP contribution in [0.15, 0.2) is 24.3 Å². The van der Waals surface area contributed by atoms with Gasteiger partial charge in [-0.1, -0.05) is 18.2 Å². The number of rotatable bonds is 6. The number of nitrogens with zero attached hydrogens (tertiary/aromatic N) is 2. The first-order chi connectivity index (χ1) is 12.8. The monoisotopic (exact) mass is 393 g/mol. The molecule has 1 N–H and O–H groups in total. The molecule has 1 aliphatic heterocycles. The van der Waals surface area contributed by atoms with Crippen LogP contribution < -0.4 is 9.62 Å². The second kappa shape index (κ2) is 7.88. The minimum atomic E-state index is -3.58. The van der Waals surface area contributed by atoms with Gasteiger partial charge in [-0.15, -0.1) is 0 Å². The van der Waals surface area contributed by atoms with Crippen LogP contribution in [-0.2, 0) is 19.6 Å². The Morgan fingerprint density at radius 1 is 1.15 bits per heavy atom. The summed E-state index contributed by atoms with van der Waals surface area (Å²) < 4.78 is 25.7. The summed E-state index contributed by atoms with van der Waals surface area (Å²) in [4.78, 5) is 26.5. The summed E-state index contributed by atoms with van der Waals surface area (Å²) in [5, 5.41) is 3.02. The zero-order valence-electron chi connectivity index (χ0n) is 15.8. The Labute approximate surface area is 160 Å². The van der Waals surface area contributed by atoms with Crippen LogP contribution in [-0.4, -0.2) is 57.1 Å². The number of carbonyl (C=O) groups excluding carboxylic acids is 2. The molecule has 1 saturated carbocycles. The van der Waals surface area contributed by atoms with Crippen LogP contribution in [0.5, 0.6) is 0 Å². The second-order valence-electron chi connectivity index (χ2n) is 7.49. The van der Waals surface area contributed by atoms with E-state index >= 15 is 0 Å². The number of hydrogen-bond donors (Lipinski definition) is 1. The highest BCUT2D eigenvalue weighted by Gasteiger charge is 2.32. The van der Waals surface area contributed by atoms with Crippen LogP contribution in [0.25, 0.3) is 0 Å². The average Bonchev–Trinajstić information content (AvgIpc) is 3.43. The number of hydrogen-bond acceptors (Lipinski definition) is 4. The van der Waals surface area contributed by atoms with Crippen molar-refractivity contribution in [3.8, 4) is 0 Å². The largest absolute Gasteiger partial charge is 0.353 e. The Hall–Kier alpha value is -2.09. The molecule has 3 rings (SSSR count). The maximum absolute atomic E-state index is 12.7. The molecular formula is C19H27N3O4S. The fourth-order valence-corrected chi connectivity index (χ4v) is 4.29. The fraction of sp³-hybridized carbons (Fsp3) is 0.579. The van der Waals surface area contributed by atoms with Gasteiger partial charge in [0.2, 0.25) is 21.8 Å². The number of aryl methyl sites for hydroxylation is 1. The molecule has 1 heterocycles. The van der Waals surface area contributed by atoms with Gasteiger partial charge >= 0.3 is 0 Å². The van der Waals surface area contributed by atoms with E-state index in [4.69, 9.17) is 0 Å². The highest BCUT2D eigenvalue weighted by atomic mass is 32.2. The van der Waals surface area contributed by atoms with E-state index in [1.54, 1.807) is 17.0 Å². The summed E-state index contributed by atoms with van der Waals surface area (Å²) in [5.74, 6) is -0.205. The lowest BCUT2D eigenvalue weighted by Gasteiger charge is -2.33. The average molecular weight is 394 g/mol. The fourth-order valence-electron chi connectivity index (χ4n) is 3.38. The number of anilines is 1. The van der Waals surface area contributed by atoms with Gasteiger partial charge in [-0.25, -0.2) is 8.42 Å². The molecule has 0 spiro atoms. The summed E-state index contributed by atoms with van der Waals surface area (Å²) in [7, 11) is -3.58. The van der Waals surface area contributed by atoms with E-state index in [1.807, 2.05) is 19.1 Å². The number of para-hydroxylation sites is 1. The van der Waals surface area contributed by atoms with E-state index in [0.717, 1.165) is 29.0 Å². The Balaban J connectivity index is 1.61. The molecule has 0 aromatic heterocycles. The first-order valence-electron chi connectivity index (χ1n) is 9.37. The molecule has 8 heteroatoms. The maximum Gasteiger partial charge on any atom is 0.243 e. The second-order valence-corrected chi connectivity index (χ2v) is 9.40. The van der Waals surface area contributed by atoms with Gasteiger partial charge in [0.15, 0.2) is 0 Å².